The lowest BCUT2D eigenvalue weighted by molar-refractivity contribution is -0.128. The SMILES string of the molecule is COc1ccc(CCN2CC(C(=O)Nc3cc(N)ccc3C)CC2=O)cc1OC. The fraction of sp³-hybridized carbons (Fsp3) is 0.364. The number of carbonyl (C=O) groups is 2. The molecular weight excluding hydrogens is 370 g/mol. The summed E-state index contributed by atoms with van der Waals surface area (Å²) in [5.74, 6) is 0.805. The van der Waals surface area contributed by atoms with Gasteiger partial charge in [-0.1, -0.05) is 12.1 Å². The highest BCUT2D eigenvalue weighted by Gasteiger charge is 2.34. The Morgan fingerprint density at radius 3 is 2.66 bits per heavy atom. The van der Waals surface area contributed by atoms with Gasteiger partial charge in [-0.2, -0.15) is 0 Å². The molecule has 7 heteroatoms. The highest BCUT2D eigenvalue weighted by Crippen LogP contribution is 2.28. The van der Waals surface area contributed by atoms with Crippen molar-refractivity contribution in [3.63, 3.8) is 0 Å². The minimum Gasteiger partial charge on any atom is -0.493 e. The summed E-state index contributed by atoms with van der Waals surface area (Å²) in [6, 6.07) is 11.1. The second-order valence-electron chi connectivity index (χ2n) is 7.24. The quantitative estimate of drug-likeness (QED) is 0.701. The molecule has 7 nitrogen and oxygen atoms in total. The van der Waals surface area contributed by atoms with Crippen LogP contribution < -0.4 is 20.5 Å². The van der Waals surface area contributed by atoms with E-state index < -0.39 is 0 Å². The monoisotopic (exact) mass is 397 g/mol. The van der Waals surface area contributed by atoms with Crippen LogP contribution in [0.1, 0.15) is 17.5 Å². The standard InChI is InChI=1S/C22H27N3O4/c1-14-4-6-17(23)12-18(14)24-22(27)16-11-21(26)25(13-16)9-8-15-5-7-19(28-2)20(10-15)29-3/h4-7,10,12,16H,8-9,11,13,23H2,1-3H3,(H,24,27). The molecule has 2 aromatic rings. The number of ether oxygens (including phenoxy) is 2. The Balaban J connectivity index is 1.58. The first-order valence-corrected chi connectivity index (χ1v) is 9.57. The molecule has 3 rings (SSSR count). The molecule has 0 bridgehead atoms. The summed E-state index contributed by atoms with van der Waals surface area (Å²) in [6.07, 6.45) is 0.897. The van der Waals surface area contributed by atoms with Gasteiger partial charge in [-0.05, 0) is 48.7 Å². The minimum atomic E-state index is -0.367. The summed E-state index contributed by atoms with van der Waals surface area (Å²) in [5, 5.41) is 2.91. The number of methoxy groups -OCH3 is 2. The van der Waals surface area contributed by atoms with Crippen molar-refractivity contribution < 1.29 is 19.1 Å². The molecule has 1 aliphatic rings. The van der Waals surface area contributed by atoms with E-state index >= 15 is 0 Å². The maximum absolute atomic E-state index is 12.6. The van der Waals surface area contributed by atoms with Gasteiger partial charge in [-0.25, -0.2) is 0 Å². The maximum atomic E-state index is 12.6. The zero-order chi connectivity index (χ0) is 21.0. The Morgan fingerprint density at radius 1 is 1.17 bits per heavy atom. The lowest BCUT2D eigenvalue weighted by atomic mass is 10.1. The third kappa shape index (κ3) is 4.80. The second-order valence-corrected chi connectivity index (χ2v) is 7.24. The van der Waals surface area contributed by atoms with Crippen molar-refractivity contribution in [2.24, 2.45) is 5.92 Å². The summed E-state index contributed by atoms with van der Waals surface area (Å²) < 4.78 is 10.6. The maximum Gasteiger partial charge on any atom is 0.229 e. The van der Waals surface area contributed by atoms with Gasteiger partial charge in [-0.15, -0.1) is 0 Å². The van der Waals surface area contributed by atoms with Crippen LogP contribution in [-0.4, -0.2) is 44.0 Å². The van der Waals surface area contributed by atoms with Crippen LogP contribution in [0.2, 0.25) is 0 Å². The van der Waals surface area contributed by atoms with Crippen molar-refractivity contribution in [2.45, 2.75) is 19.8 Å². The average molecular weight is 397 g/mol. The van der Waals surface area contributed by atoms with Crippen LogP contribution in [0.4, 0.5) is 11.4 Å². The van der Waals surface area contributed by atoms with Crippen molar-refractivity contribution in [3.05, 3.63) is 47.5 Å². The summed E-state index contributed by atoms with van der Waals surface area (Å²) in [5.41, 5.74) is 9.05. The van der Waals surface area contributed by atoms with Crippen LogP contribution >= 0.6 is 0 Å². The number of nitrogens with one attached hydrogen (secondary N) is 1. The van der Waals surface area contributed by atoms with Gasteiger partial charge in [0, 0.05) is 30.9 Å². The summed E-state index contributed by atoms with van der Waals surface area (Å²) >= 11 is 0. The van der Waals surface area contributed by atoms with Crippen molar-refractivity contribution >= 4 is 23.2 Å². The fourth-order valence-corrected chi connectivity index (χ4v) is 3.47. The molecule has 29 heavy (non-hydrogen) atoms. The predicted octanol–water partition coefficient (Wildman–Crippen LogP) is 2.62. The van der Waals surface area contributed by atoms with E-state index in [9.17, 15) is 9.59 Å². The van der Waals surface area contributed by atoms with E-state index in [0.29, 0.717) is 42.4 Å². The molecule has 1 heterocycles. The number of rotatable bonds is 7. The number of anilines is 2. The third-order valence-corrected chi connectivity index (χ3v) is 5.22. The number of aryl methyl sites for hydroxylation is 1. The number of nitrogens with two attached hydrogens (primary N) is 1. The highest BCUT2D eigenvalue weighted by molar-refractivity contribution is 5.98. The molecular formula is C22H27N3O4. The topological polar surface area (TPSA) is 93.9 Å². The molecule has 1 aliphatic heterocycles. The van der Waals surface area contributed by atoms with Gasteiger partial charge in [0.2, 0.25) is 11.8 Å². The molecule has 0 radical (unpaired) electrons. The highest BCUT2D eigenvalue weighted by atomic mass is 16.5. The molecule has 0 aromatic heterocycles. The lowest BCUT2D eigenvalue weighted by Gasteiger charge is -2.17. The molecule has 1 unspecified atom stereocenters. The summed E-state index contributed by atoms with van der Waals surface area (Å²) in [6.45, 7) is 2.87. The van der Waals surface area contributed by atoms with Gasteiger partial charge in [0.05, 0.1) is 20.1 Å². The molecule has 0 spiro atoms. The van der Waals surface area contributed by atoms with Crippen LogP contribution in [0.15, 0.2) is 36.4 Å². The van der Waals surface area contributed by atoms with Crippen molar-refractivity contribution in [3.8, 4) is 11.5 Å². The van der Waals surface area contributed by atoms with E-state index in [-0.39, 0.29) is 24.2 Å². The average Bonchev–Trinajstić information content (AvgIpc) is 3.09. The van der Waals surface area contributed by atoms with Gasteiger partial charge in [0.25, 0.3) is 0 Å². The smallest absolute Gasteiger partial charge is 0.229 e. The van der Waals surface area contributed by atoms with Crippen molar-refractivity contribution in [1.29, 1.82) is 0 Å². The van der Waals surface area contributed by atoms with E-state index in [0.717, 1.165) is 11.1 Å². The van der Waals surface area contributed by atoms with Gasteiger partial charge in [-0.3, -0.25) is 9.59 Å². The van der Waals surface area contributed by atoms with Gasteiger partial charge < -0.3 is 25.4 Å². The Hall–Kier alpha value is -3.22. The van der Waals surface area contributed by atoms with Crippen LogP contribution in [0.25, 0.3) is 0 Å². The zero-order valence-corrected chi connectivity index (χ0v) is 17.0. The summed E-state index contributed by atoms with van der Waals surface area (Å²) in [4.78, 5) is 26.8. The molecule has 2 aromatic carbocycles. The summed E-state index contributed by atoms with van der Waals surface area (Å²) in [7, 11) is 3.19. The van der Waals surface area contributed by atoms with Gasteiger partial charge >= 0.3 is 0 Å². The first-order valence-electron chi connectivity index (χ1n) is 9.57. The Kier molecular flexibility index (Phi) is 6.26. The van der Waals surface area contributed by atoms with E-state index in [1.165, 1.54) is 0 Å². The molecule has 1 fully saturated rings. The van der Waals surface area contributed by atoms with E-state index in [1.807, 2.05) is 31.2 Å². The number of hydrogen-bond donors (Lipinski definition) is 2. The van der Waals surface area contributed by atoms with Crippen LogP contribution in [-0.2, 0) is 16.0 Å². The van der Waals surface area contributed by atoms with Crippen LogP contribution in [0, 0.1) is 12.8 Å². The second kappa shape index (κ2) is 8.86. The molecule has 154 valence electrons. The third-order valence-electron chi connectivity index (χ3n) is 5.22. The number of nitrogen functional groups attached to an aromatic ring is 1. The molecule has 0 aliphatic carbocycles. The first kappa shape index (κ1) is 20.5. The Morgan fingerprint density at radius 2 is 1.93 bits per heavy atom. The number of carbonyl (C=O) groups excluding carboxylic acids is 2. The van der Waals surface area contributed by atoms with Gasteiger partial charge in [0.1, 0.15) is 0 Å². The lowest BCUT2D eigenvalue weighted by Crippen LogP contribution is -2.30. The molecule has 2 amide bonds. The molecule has 0 saturated carbocycles. The van der Waals surface area contributed by atoms with Crippen LogP contribution in [0.5, 0.6) is 11.5 Å². The Labute approximate surface area is 170 Å². The van der Waals surface area contributed by atoms with Crippen LogP contribution in [0.3, 0.4) is 0 Å². The molecule has 3 N–H and O–H groups in total. The van der Waals surface area contributed by atoms with Gasteiger partial charge in [0.15, 0.2) is 11.5 Å². The Bertz CT molecular complexity index is 913. The van der Waals surface area contributed by atoms with E-state index in [2.05, 4.69) is 5.32 Å². The molecule has 1 atom stereocenters. The number of nitrogens with zero attached hydrogens (tertiary/aromatic N) is 1. The van der Waals surface area contributed by atoms with E-state index in [4.69, 9.17) is 15.2 Å². The number of amides is 2. The number of hydrogen-bond acceptors (Lipinski definition) is 5. The minimum absolute atomic E-state index is 0.00470. The zero-order valence-electron chi connectivity index (χ0n) is 17.0. The van der Waals surface area contributed by atoms with Crippen molar-refractivity contribution in [1.82, 2.24) is 4.90 Å². The largest absolute Gasteiger partial charge is 0.493 e. The molecule has 1 saturated heterocycles. The normalized spacial score (nSPS) is 16.0. The fourth-order valence-electron chi connectivity index (χ4n) is 3.47. The first-order chi connectivity index (χ1) is 13.9. The van der Waals surface area contributed by atoms with E-state index in [1.54, 1.807) is 31.3 Å². The predicted molar refractivity (Wildman–Crippen MR) is 112 cm³/mol. The van der Waals surface area contributed by atoms with Crippen molar-refractivity contribution in [2.75, 3.05) is 38.4 Å². The number of benzene rings is 2. The number of likely N-dealkylation sites (tertiary alicyclic amines) is 1.